The Morgan fingerprint density at radius 3 is 2.80 bits per heavy atom. The molecule has 1 aromatic rings. The third kappa shape index (κ3) is 3.76. The highest BCUT2D eigenvalue weighted by Crippen LogP contribution is 2.30. The summed E-state index contributed by atoms with van der Waals surface area (Å²) in [6, 6.07) is 4.96. The first kappa shape index (κ1) is 15.8. The molecule has 1 aliphatic rings. The molecule has 0 aliphatic carbocycles. The molecule has 1 fully saturated rings. The molecule has 2 unspecified atom stereocenters. The van der Waals surface area contributed by atoms with Gasteiger partial charge in [0.05, 0.1) is 5.69 Å². The van der Waals surface area contributed by atoms with Crippen LogP contribution < -0.4 is 5.32 Å². The molecule has 0 radical (unpaired) electrons. The molecule has 1 aliphatic heterocycles. The van der Waals surface area contributed by atoms with Crippen molar-refractivity contribution in [3.63, 3.8) is 0 Å². The second kappa shape index (κ2) is 6.95. The number of hydrogen-bond acceptors (Lipinski definition) is 2. The van der Waals surface area contributed by atoms with Crippen molar-refractivity contribution < 1.29 is 0 Å². The summed E-state index contributed by atoms with van der Waals surface area (Å²) in [5.41, 5.74) is 3.89. The van der Waals surface area contributed by atoms with Gasteiger partial charge < -0.3 is 10.2 Å². The molecule has 3 heteroatoms. The van der Waals surface area contributed by atoms with E-state index in [4.69, 9.17) is 0 Å². The van der Waals surface area contributed by atoms with Crippen LogP contribution in [0.3, 0.4) is 0 Å². The second-order valence-electron chi connectivity index (χ2n) is 6.17. The Balaban J connectivity index is 2.06. The SMILES string of the molecule is CCN1CCCC(C(C)Nc2c(C)cc(C)cc2Br)C1. The first-order valence-electron chi connectivity index (χ1n) is 7.77. The maximum Gasteiger partial charge on any atom is 0.0516 e. The minimum Gasteiger partial charge on any atom is -0.381 e. The largest absolute Gasteiger partial charge is 0.381 e. The molecule has 0 aromatic heterocycles. The zero-order valence-electron chi connectivity index (χ0n) is 13.2. The van der Waals surface area contributed by atoms with Crippen LogP contribution in [-0.2, 0) is 0 Å². The van der Waals surface area contributed by atoms with E-state index >= 15 is 0 Å². The number of rotatable bonds is 4. The smallest absolute Gasteiger partial charge is 0.0516 e. The van der Waals surface area contributed by atoms with Crippen LogP contribution in [0.1, 0.15) is 37.8 Å². The topological polar surface area (TPSA) is 15.3 Å². The lowest BCUT2D eigenvalue weighted by Crippen LogP contribution is -2.41. The van der Waals surface area contributed by atoms with Crippen molar-refractivity contribution in [3.8, 4) is 0 Å². The van der Waals surface area contributed by atoms with Gasteiger partial charge in [0.2, 0.25) is 0 Å². The summed E-state index contributed by atoms with van der Waals surface area (Å²) in [4.78, 5) is 2.57. The van der Waals surface area contributed by atoms with Crippen molar-refractivity contribution in [1.82, 2.24) is 4.90 Å². The van der Waals surface area contributed by atoms with Gasteiger partial charge >= 0.3 is 0 Å². The van der Waals surface area contributed by atoms with Crippen molar-refractivity contribution in [1.29, 1.82) is 0 Å². The van der Waals surface area contributed by atoms with Crippen molar-refractivity contribution in [2.24, 2.45) is 5.92 Å². The summed E-state index contributed by atoms with van der Waals surface area (Å²) < 4.78 is 1.19. The average Bonchev–Trinajstić information content (AvgIpc) is 2.42. The Morgan fingerprint density at radius 2 is 2.15 bits per heavy atom. The maximum atomic E-state index is 3.75. The highest BCUT2D eigenvalue weighted by molar-refractivity contribution is 9.10. The highest BCUT2D eigenvalue weighted by Gasteiger charge is 2.24. The van der Waals surface area contributed by atoms with E-state index in [1.165, 1.54) is 53.8 Å². The van der Waals surface area contributed by atoms with Crippen LogP contribution in [0.4, 0.5) is 5.69 Å². The molecule has 20 heavy (non-hydrogen) atoms. The third-order valence-corrected chi connectivity index (χ3v) is 5.13. The number of nitrogens with one attached hydrogen (secondary N) is 1. The summed E-state index contributed by atoms with van der Waals surface area (Å²) in [7, 11) is 0. The van der Waals surface area contributed by atoms with Gasteiger partial charge in [-0.2, -0.15) is 0 Å². The zero-order chi connectivity index (χ0) is 14.7. The van der Waals surface area contributed by atoms with Crippen LogP contribution in [0.15, 0.2) is 16.6 Å². The number of benzene rings is 1. The standard InChI is InChI=1S/C17H27BrN2/c1-5-20-8-6-7-15(11-20)14(4)19-17-13(3)9-12(2)10-16(17)18/h9-10,14-15,19H,5-8,11H2,1-4H3. The van der Waals surface area contributed by atoms with Gasteiger partial charge in [-0.3, -0.25) is 0 Å². The van der Waals surface area contributed by atoms with Gasteiger partial charge in [0.25, 0.3) is 0 Å². The van der Waals surface area contributed by atoms with Gasteiger partial charge in [0.1, 0.15) is 0 Å². The summed E-state index contributed by atoms with van der Waals surface area (Å²) in [5.74, 6) is 0.747. The molecular weight excluding hydrogens is 312 g/mol. The Hall–Kier alpha value is -0.540. The molecule has 1 heterocycles. The fourth-order valence-corrected chi connectivity index (χ4v) is 4.02. The molecule has 112 valence electrons. The van der Waals surface area contributed by atoms with E-state index in [1.54, 1.807) is 0 Å². The monoisotopic (exact) mass is 338 g/mol. The van der Waals surface area contributed by atoms with Crippen molar-refractivity contribution in [3.05, 3.63) is 27.7 Å². The van der Waals surface area contributed by atoms with Gasteiger partial charge in [0, 0.05) is 17.1 Å². The summed E-state index contributed by atoms with van der Waals surface area (Å²) in [5, 5.41) is 3.75. The van der Waals surface area contributed by atoms with E-state index in [2.05, 4.69) is 66.0 Å². The lowest BCUT2D eigenvalue weighted by molar-refractivity contribution is 0.172. The zero-order valence-corrected chi connectivity index (χ0v) is 14.8. The van der Waals surface area contributed by atoms with Crippen LogP contribution in [0, 0.1) is 19.8 Å². The van der Waals surface area contributed by atoms with Crippen molar-refractivity contribution in [2.75, 3.05) is 25.0 Å². The average molecular weight is 339 g/mol. The van der Waals surface area contributed by atoms with E-state index in [0.29, 0.717) is 6.04 Å². The summed E-state index contributed by atoms with van der Waals surface area (Å²) >= 11 is 3.70. The van der Waals surface area contributed by atoms with Crippen LogP contribution >= 0.6 is 15.9 Å². The van der Waals surface area contributed by atoms with Gasteiger partial charge in [-0.15, -0.1) is 0 Å². The predicted octanol–water partition coefficient (Wildman–Crippen LogP) is 4.60. The number of hydrogen-bond donors (Lipinski definition) is 1. The quantitative estimate of drug-likeness (QED) is 0.863. The van der Waals surface area contributed by atoms with Gasteiger partial charge in [-0.05, 0) is 85.7 Å². The first-order valence-corrected chi connectivity index (χ1v) is 8.56. The molecule has 0 bridgehead atoms. The number of halogens is 1. The highest BCUT2D eigenvalue weighted by atomic mass is 79.9. The summed E-state index contributed by atoms with van der Waals surface area (Å²) in [6.07, 6.45) is 2.67. The fourth-order valence-electron chi connectivity index (χ4n) is 3.23. The van der Waals surface area contributed by atoms with Gasteiger partial charge in [-0.25, -0.2) is 0 Å². The predicted molar refractivity (Wildman–Crippen MR) is 91.5 cm³/mol. The second-order valence-corrected chi connectivity index (χ2v) is 7.02. The van der Waals surface area contributed by atoms with E-state index in [0.717, 1.165) is 5.92 Å². The molecule has 2 rings (SSSR count). The lowest BCUT2D eigenvalue weighted by atomic mass is 9.91. The van der Waals surface area contributed by atoms with Crippen LogP contribution in [0.5, 0.6) is 0 Å². The summed E-state index contributed by atoms with van der Waals surface area (Å²) in [6.45, 7) is 12.6. The van der Waals surface area contributed by atoms with E-state index in [1.807, 2.05) is 0 Å². The van der Waals surface area contributed by atoms with Gasteiger partial charge in [0.15, 0.2) is 0 Å². The number of anilines is 1. The van der Waals surface area contributed by atoms with E-state index in [9.17, 15) is 0 Å². The minimum atomic E-state index is 0.516. The molecular formula is C17H27BrN2. The molecule has 2 atom stereocenters. The maximum absolute atomic E-state index is 3.75. The molecule has 1 N–H and O–H groups in total. The van der Waals surface area contributed by atoms with Crippen molar-refractivity contribution >= 4 is 21.6 Å². The molecule has 0 saturated carbocycles. The third-order valence-electron chi connectivity index (χ3n) is 4.50. The Bertz CT molecular complexity index is 435. The van der Waals surface area contributed by atoms with Gasteiger partial charge in [-0.1, -0.05) is 13.0 Å². The van der Waals surface area contributed by atoms with Crippen LogP contribution in [-0.4, -0.2) is 30.6 Å². The lowest BCUT2D eigenvalue weighted by Gasteiger charge is -2.36. The number of nitrogens with zero attached hydrogens (tertiary/aromatic N) is 1. The normalized spacial score (nSPS) is 21.8. The molecule has 2 nitrogen and oxygen atoms in total. The van der Waals surface area contributed by atoms with E-state index in [-0.39, 0.29) is 0 Å². The fraction of sp³-hybridized carbons (Fsp3) is 0.647. The molecule has 0 spiro atoms. The Labute approximate surface area is 132 Å². The minimum absolute atomic E-state index is 0.516. The van der Waals surface area contributed by atoms with Crippen LogP contribution in [0.2, 0.25) is 0 Å². The van der Waals surface area contributed by atoms with Crippen molar-refractivity contribution in [2.45, 2.75) is 46.6 Å². The number of aryl methyl sites for hydroxylation is 2. The van der Waals surface area contributed by atoms with Crippen LogP contribution in [0.25, 0.3) is 0 Å². The Morgan fingerprint density at radius 1 is 1.40 bits per heavy atom. The number of likely N-dealkylation sites (tertiary alicyclic amines) is 1. The molecule has 1 saturated heterocycles. The Kier molecular flexibility index (Phi) is 5.50. The molecule has 1 aromatic carbocycles. The van der Waals surface area contributed by atoms with E-state index < -0.39 is 0 Å². The number of piperidine rings is 1. The molecule has 0 amide bonds. The first-order chi connectivity index (χ1) is 9.51.